The van der Waals surface area contributed by atoms with Crippen molar-refractivity contribution in [2.45, 2.75) is 25.0 Å². The number of ether oxygens (including phenoxy) is 1. The zero-order chi connectivity index (χ0) is 18.3. The second-order valence-electron chi connectivity index (χ2n) is 6.94. The summed E-state index contributed by atoms with van der Waals surface area (Å²) in [6.07, 6.45) is 1.81. The van der Waals surface area contributed by atoms with E-state index in [4.69, 9.17) is 10.5 Å². The summed E-state index contributed by atoms with van der Waals surface area (Å²) >= 11 is 1.19. The first-order valence-corrected chi connectivity index (χ1v) is 9.42. The molecule has 1 saturated carbocycles. The molecule has 0 radical (unpaired) electrons. The quantitative estimate of drug-likeness (QED) is 0.856. The Labute approximate surface area is 154 Å². The number of nitrogens with two attached hydrogens (primary N) is 1. The van der Waals surface area contributed by atoms with Crippen LogP contribution in [0.25, 0.3) is 0 Å². The molecule has 26 heavy (non-hydrogen) atoms. The van der Waals surface area contributed by atoms with Gasteiger partial charge in [0.1, 0.15) is 22.5 Å². The lowest BCUT2D eigenvalue weighted by atomic mass is 9.78. The van der Waals surface area contributed by atoms with Gasteiger partial charge in [-0.15, -0.1) is 0 Å². The van der Waals surface area contributed by atoms with E-state index >= 15 is 0 Å². The third kappa shape index (κ3) is 3.39. The van der Waals surface area contributed by atoms with Crippen LogP contribution in [0.1, 0.15) is 22.5 Å². The number of hydrogen-bond donors (Lipinski definition) is 2. The van der Waals surface area contributed by atoms with Gasteiger partial charge in [0.2, 0.25) is 0 Å². The van der Waals surface area contributed by atoms with Crippen LogP contribution in [-0.4, -0.2) is 46.2 Å². The summed E-state index contributed by atoms with van der Waals surface area (Å²) in [4.78, 5) is 18.9. The molecule has 8 heteroatoms. The third-order valence-electron chi connectivity index (χ3n) is 5.21. The first-order valence-electron chi connectivity index (χ1n) is 8.60. The lowest BCUT2D eigenvalue weighted by Crippen LogP contribution is -2.42. The standard InChI is InChI=1S/C18H20FN3O3S/c19-12-1-3-13(4-2-12)25-15-6-11-9-22(8-10(11)5-14(15)23)17(24)16-7-21-18(20)26-16/h1-4,7,10-11,14-15,23H,5-6,8-9H2,(H2,20,21)/t10-,11+,14+,15+/m0/s1. The molecule has 138 valence electrons. The van der Waals surface area contributed by atoms with Crippen molar-refractivity contribution >= 4 is 22.4 Å². The number of nitrogen functional groups attached to an aromatic ring is 1. The zero-order valence-electron chi connectivity index (χ0n) is 14.0. The first kappa shape index (κ1) is 17.2. The van der Waals surface area contributed by atoms with Crippen LogP contribution in [0.5, 0.6) is 5.75 Å². The molecule has 0 bridgehead atoms. The first-order chi connectivity index (χ1) is 12.5. The van der Waals surface area contributed by atoms with Gasteiger partial charge in [-0.1, -0.05) is 11.3 Å². The number of nitrogens with zero attached hydrogens (tertiary/aromatic N) is 2. The topological polar surface area (TPSA) is 88.7 Å². The molecule has 4 rings (SSSR count). The molecule has 2 heterocycles. The number of aromatic nitrogens is 1. The van der Waals surface area contributed by atoms with Crippen LogP contribution in [0.4, 0.5) is 9.52 Å². The fraction of sp³-hybridized carbons (Fsp3) is 0.444. The Bertz CT molecular complexity index is 797. The number of carbonyl (C=O) groups excluding carboxylic acids is 1. The molecule has 1 aromatic heterocycles. The zero-order valence-corrected chi connectivity index (χ0v) is 14.9. The van der Waals surface area contributed by atoms with Crippen LogP contribution >= 0.6 is 11.3 Å². The monoisotopic (exact) mass is 377 g/mol. The van der Waals surface area contributed by atoms with Crippen LogP contribution in [0.3, 0.4) is 0 Å². The summed E-state index contributed by atoms with van der Waals surface area (Å²) in [5, 5.41) is 10.8. The highest BCUT2D eigenvalue weighted by Gasteiger charge is 2.44. The average Bonchev–Trinajstić information content (AvgIpc) is 3.22. The molecule has 3 N–H and O–H groups in total. The van der Waals surface area contributed by atoms with Crippen LogP contribution in [0, 0.1) is 17.7 Å². The molecule has 1 aliphatic heterocycles. The summed E-state index contributed by atoms with van der Waals surface area (Å²) in [5.74, 6) is 0.694. The van der Waals surface area contributed by atoms with E-state index < -0.39 is 6.10 Å². The molecule has 6 nitrogen and oxygen atoms in total. The number of aliphatic hydroxyl groups is 1. The average molecular weight is 377 g/mol. The maximum atomic E-state index is 13.0. The summed E-state index contributed by atoms with van der Waals surface area (Å²) in [7, 11) is 0. The number of rotatable bonds is 3. The summed E-state index contributed by atoms with van der Waals surface area (Å²) in [6.45, 7) is 1.26. The predicted molar refractivity (Wildman–Crippen MR) is 95.5 cm³/mol. The number of thiazole rings is 1. The largest absolute Gasteiger partial charge is 0.488 e. The van der Waals surface area contributed by atoms with Gasteiger partial charge in [0, 0.05) is 13.1 Å². The number of likely N-dealkylation sites (tertiary alicyclic amines) is 1. The Morgan fingerprint density at radius 3 is 2.62 bits per heavy atom. The summed E-state index contributed by atoms with van der Waals surface area (Å²) < 4.78 is 18.9. The van der Waals surface area contributed by atoms with E-state index in [9.17, 15) is 14.3 Å². The van der Waals surface area contributed by atoms with Gasteiger partial charge in [-0.3, -0.25) is 4.79 Å². The molecule has 0 spiro atoms. The molecule has 4 atom stereocenters. The van der Waals surface area contributed by atoms with Crippen molar-refractivity contribution in [3.05, 3.63) is 41.2 Å². The van der Waals surface area contributed by atoms with E-state index in [-0.39, 0.29) is 29.7 Å². The molecule has 2 aliphatic rings. The third-order valence-corrected chi connectivity index (χ3v) is 6.02. The molecule has 1 aromatic carbocycles. The van der Waals surface area contributed by atoms with E-state index in [0.29, 0.717) is 41.7 Å². The Balaban J connectivity index is 1.41. The number of amides is 1. The molecule has 1 aliphatic carbocycles. The van der Waals surface area contributed by atoms with Crippen molar-refractivity contribution in [3.63, 3.8) is 0 Å². The van der Waals surface area contributed by atoms with E-state index in [0.717, 1.165) is 0 Å². The van der Waals surface area contributed by atoms with Gasteiger partial charge in [0.05, 0.1) is 12.3 Å². The number of aliphatic hydroxyl groups excluding tert-OH is 1. The number of carbonyl (C=O) groups is 1. The number of hydrogen-bond acceptors (Lipinski definition) is 6. The van der Waals surface area contributed by atoms with Crippen LogP contribution in [0.15, 0.2) is 30.5 Å². The maximum absolute atomic E-state index is 13.0. The van der Waals surface area contributed by atoms with Crippen LogP contribution in [-0.2, 0) is 0 Å². The lowest BCUT2D eigenvalue weighted by Gasteiger charge is -2.35. The Morgan fingerprint density at radius 2 is 1.96 bits per heavy atom. The minimum absolute atomic E-state index is 0.0564. The number of anilines is 1. The van der Waals surface area contributed by atoms with Gasteiger partial charge in [-0.25, -0.2) is 9.37 Å². The number of benzene rings is 1. The second-order valence-corrected chi connectivity index (χ2v) is 8.00. The van der Waals surface area contributed by atoms with Crippen molar-refractivity contribution in [2.75, 3.05) is 18.8 Å². The Kier molecular flexibility index (Phi) is 4.54. The van der Waals surface area contributed by atoms with Crippen molar-refractivity contribution in [3.8, 4) is 5.75 Å². The van der Waals surface area contributed by atoms with Crippen molar-refractivity contribution in [1.82, 2.24) is 9.88 Å². The molecule has 1 saturated heterocycles. The highest BCUT2D eigenvalue weighted by Crippen LogP contribution is 2.38. The van der Waals surface area contributed by atoms with Crippen molar-refractivity contribution in [1.29, 1.82) is 0 Å². The van der Waals surface area contributed by atoms with Gasteiger partial charge < -0.3 is 20.5 Å². The highest BCUT2D eigenvalue weighted by molar-refractivity contribution is 7.17. The normalized spacial score (nSPS) is 28.0. The Hall–Kier alpha value is -2.19. The number of halogens is 1. The van der Waals surface area contributed by atoms with Gasteiger partial charge in [0.15, 0.2) is 5.13 Å². The molecular formula is C18H20FN3O3S. The van der Waals surface area contributed by atoms with E-state index in [1.165, 1.54) is 29.7 Å². The highest BCUT2D eigenvalue weighted by atomic mass is 32.1. The van der Waals surface area contributed by atoms with Crippen LogP contribution in [0.2, 0.25) is 0 Å². The molecule has 1 amide bonds. The minimum Gasteiger partial charge on any atom is -0.488 e. The van der Waals surface area contributed by atoms with Crippen molar-refractivity contribution < 1.29 is 19.0 Å². The molecule has 2 aromatic rings. The lowest BCUT2D eigenvalue weighted by molar-refractivity contribution is -0.0231. The van der Waals surface area contributed by atoms with Crippen LogP contribution < -0.4 is 10.5 Å². The Morgan fingerprint density at radius 1 is 1.27 bits per heavy atom. The van der Waals surface area contributed by atoms with Gasteiger partial charge in [-0.2, -0.15) is 0 Å². The molecular weight excluding hydrogens is 357 g/mol. The SMILES string of the molecule is Nc1ncc(C(=O)N2C[C@H]3C[C@@H](Oc4ccc(F)cc4)[C@H](O)C[C@H]3C2)s1. The van der Waals surface area contributed by atoms with Gasteiger partial charge >= 0.3 is 0 Å². The van der Waals surface area contributed by atoms with Gasteiger partial charge in [-0.05, 0) is 48.9 Å². The van der Waals surface area contributed by atoms with E-state index in [1.54, 1.807) is 12.1 Å². The minimum atomic E-state index is -0.601. The predicted octanol–water partition coefficient (Wildman–Crippen LogP) is 2.15. The summed E-state index contributed by atoms with van der Waals surface area (Å²) in [5.41, 5.74) is 5.61. The number of fused-ring (bicyclic) bond motifs is 1. The smallest absolute Gasteiger partial charge is 0.265 e. The summed E-state index contributed by atoms with van der Waals surface area (Å²) in [6, 6.07) is 5.80. The van der Waals surface area contributed by atoms with E-state index in [2.05, 4.69) is 4.98 Å². The second kappa shape index (κ2) is 6.85. The van der Waals surface area contributed by atoms with Gasteiger partial charge in [0.25, 0.3) is 5.91 Å². The van der Waals surface area contributed by atoms with Crippen molar-refractivity contribution in [2.24, 2.45) is 11.8 Å². The maximum Gasteiger partial charge on any atom is 0.265 e. The molecule has 0 unspecified atom stereocenters. The van der Waals surface area contributed by atoms with E-state index in [1.807, 2.05) is 4.90 Å². The molecule has 2 fully saturated rings. The fourth-order valence-electron chi connectivity index (χ4n) is 3.91. The fourth-order valence-corrected chi connectivity index (χ4v) is 4.57.